The van der Waals surface area contributed by atoms with E-state index in [1.165, 1.54) is 0 Å². The molecular formula is C17H27N3O4S. The Kier molecular flexibility index (Phi) is 7.83. The van der Waals surface area contributed by atoms with E-state index in [0.29, 0.717) is 13.0 Å². The topological polar surface area (TPSA) is 111 Å². The molecule has 1 aliphatic heterocycles. The molecule has 0 saturated carbocycles. The first kappa shape index (κ1) is 19.8. The minimum Gasteiger partial charge on any atom is -0.377 e. The standard InChI is InChI=1S/C17H27N3O4S/c18-16(12-14-6-2-1-3-7-14)17(21)19-9-11-25(22,23)20-13-15-8-4-5-10-24-15/h1-3,6-7,15-16,20H,4-5,8-13,18H2,(H,19,21)/t15?,16-/m0/s1. The summed E-state index contributed by atoms with van der Waals surface area (Å²) in [4.78, 5) is 12.0. The summed E-state index contributed by atoms with van der Waals surface area (Å²) in [6, 6.07) is 8.76. The normalized spacial score (nSPS) is 19.3. The highest BCUT2D eigenvalue weighted by Crippen LogP contribution is 2.11. The fourth-order valence-electron chi connectivity index (χ4n) is 2.66. The van der Waals surface area contributed by atoms with Gasteiger partial charge in [-0.25, -0.2) is 13.1 Å². The average Bonchev–Trinajstić information content (AvgIpc) is 2.61. The van der Waals surface area contributed by atoms with E-state index < -0.39 is 16.1 Å². The molecule has 0 bridgehead atoms. The molecule has 1 saturated heterocycles. The van der Waals surface area contributed by atoms with Crippen LogP contribution in [0.15, 0.2) is 30.3 Å². The van der Waals surface area contributed by atoms with Crippen molar-refractivity contribution in [3.05, 3.63) is 35.9 Å². The molecule has 0 aliphatic carbocycles. The molecule has 140 valence electrons. The van der Waals surface area contributed by atoms with Crippen molar-refractivity contribution in [2.24, 2.45) is 5.73 Å². The summed E-state index contributed by atoms with van der Waals surface area (Å²) in [5.41, 5.74) is 6.83. The van der Waals surface area contributed by atoms with Crippen molar-refractivity contribution in [1.29, 1.82) is 0 Å². The largest absolute Gasteiger partial charge is 0.377 e. The van der Waals surface area contributed by atoms with Crippen molar-refractivity contribution in [1.82, 2.24) is 10.0 Å². The Balaban J connectivity index is 1.66. The first-order valence-corrected chi connectivity index (χ1v) is 10.3. The number of nitrogens with two attached hydrogens (primary N) is 1. The number of benzene rings is 1. The van der Waals surface area contributed by atoms with E-state index in [1.807, 2.05) is 30.3 Å². The molecule has 0 aromatic heterocycles. The Morgan fingerprint density at radius 3 is 2.72 bits per heavy atom. The van der Waals surface area contributed by atoms with Gasteiger partial charge in [0.1, 0.15) is 0 Å². The summed E-state index contributed by atoms with van der Waals surface area (Å²) in [6.45, 7) is 0.994. The van der Waals surface area contributed by atoms with Crippen LogP contribution in [0.1, 0.15) is 24.8 Å². The number of amides is 1. The number of hydrogen-bond acceptors (Lipinski definition) is 5. The third-order valence-electron chi connectivity index (χ3n) is 4.11. The van der Waals surface area contributed by atoms with E-state index in [9.17, 15) is 13.2 Å². The maximum absolute atomic E-state index is 12.0. The molecule has 1 aromatic carbocycles. The van der Waals surface area contributed by atoms with Crippen molar-refractivity contribution in [2.75, 3.05) is 25.4 Å². The van der Waals surface area contributed by atoms with Gasteiger partial charge in [0.25, 0.3) is 0 Å². The van der Waals surface area contributed by atoms with Gasteiger partial charge in [0, 0.05) is 19.7 Å². The van der Waals surface area contributed by atoms with Gasteiger partial charge in [-0.3, -0.25) is 4.79 Å². The van der Waals surface area contributed by atoms with Crippen molar-refractivity contribution in [3.8, 4) is 0 Å². The molecule has 2 rings (SSSR count). The zero-order valence-corrected chi connectivity index (χ0v) is 15.1. The van der Waals surface area contributed by atoms with Gasteiger partial charge < -0.3 is 15.8 Å². The number of hydrogen-bond donors (Lipinski definition) is 3. The Labute approximate surface area is 149 Å². The van der Waals surface area contributed by atoms with Gasteiger partial charge in [-0.15, -0.1) is 0 Å². The van der Waals surface area contributed by atoms with Crippen LogP contribution >= 0.6 is 0 Å². The second-order valence-electron chi connectivity index (χ2n) is 6.24. The van der Waals surface area contributed by atoms with Crippen LogP contribution in [0.5, 0.6) is 0 Å². The van der Waals surface area contributed by atoms with Crippen LogP contribution in [0.4, 0.5) is 0 Å². The third-order valence-corrected chi connectivity index (χ3v) is 5.46. The van der Waals surface area contributed by atoms with Crippen LogP contribution in [0.25, 0.3) is 0 Å². The van der Waals surface area contributed by atoms with E-state index in [-0.39, 0.29) is 30.9 Å². The van der Waals surface area contributed by atoms with Gasteiger partial charge in [-0.1, -0.05) is 30.3 Å². The van der Waals surface area contributed by atoms with Crippen LogP contribution in [-0.2, 0) is 26.0 Å². The van der Waals surface area contributed by atoms with E-state index in [4.69, 9.17) is 10.5 Å². The Morgan fingerprint density at radius 2 is 2.04 bits per heavy atom. The molecule has 0 spiro atoms. The molecular weight excluding hydrogens is 342 g/mol. The summed E-state index contributed by atoms with van der Waals surface area (Å²) >= 11 is 0. The lowest BCUT2D eigenvalue weighted by molar-refractivity contribution is -0.122. The predicted octanol–water partition coefficient (Wildman–Crippen LogP) is 0.161. The molecule has 7 nitrogen and oxygen atoms in total. The van der Waals surface area contributed by atoms with Crippen LogP contribution < -0.4 is 15.8 Å². The summed E-state index contributed by atoms with van der Waals surface area (Å²) < 4.78 is 32.0. The number of carbonyl (C=O) groups is 1. The maximum Gasteiger partial charge on any atom is 0.237 e. The third kappa shape index (κ3) is 7.52. The van der Waals surface area contributed by atoms with Gasteiger partial charge in [0.15, 0.2) is 0 Å². The van der Waals surface area contributed by atoms with Crippen LogP contribution in [0.3, 0.4) is 0 Å². The molecule has 25 heavy (non-hydrogen) atoms. The first-order valence-electron chi connectivity index (χ1n) is 8.62. The SMILES string of the molecule is N[C@@H](Cc1ccccc1)C(=O)NCCS(=O)(=O)NCC1CCCCO1. The second-order valence-corrected chi connectivity index (χ2v) is 8.17. The predicted molar refractivity (Wildman–Crippen MR) is 96.5 cm³/mol. The highest BCUT2D eigenvalue weighted by Gasteiger charge is 2.19. The fourth-order valence-corrected chi connectivity index (χ4v) is 3.62. The molecule has 2 atom stereocenters. The molecule has 1 amide bonds. The highest BCUT2D eigenvalue weighted by atomic mass is 32.2. The van der Waals surface area contributed by atoms with Crippen LogP contribution in [0, 0.1) is 0 Å². The van der Waals surface area contributed by atoms with E-state index in [1.54, 1.807) is 0 Å². The minimum absolute atomic E-state index is 0.0299. The van der Waals surface area contributed by atoms with E-state index >= 15 is 0 Å². The Morgan fingerprint density at radius 1 is 1.28 bits per heavy atom. The van der Waals surface area contributed by atoms with Gasteiger partial charge in [0.2, 0.25) is 15.9 Å². The lowest BCUT2D eigenvalue weighted by Gasteiger charge is -2.22. The van der Waals surface area contributed by atoms with Crippen LogP contribution in [0.2, 0.25) is 0 Å². The van der Waals surface area contributed by atoms with Crippen molar-refractivity contribution >= 4 is 15.9 Å². The maximum atomic E-state index is 12.0. The summed E-state index contributed by atoms with van der Waals surface area (Å²) in [5, 5.41) is 2.58. The lowest BCUT2D eigenvalue weighted by atomic mass is 10.1. The Bertz CT molecular complexity index is 631. The Hall–Kier alpha value is -1.48. The molecule has 1 heterocycles. The number of rotatable bonds is 9. The molecule has 1 fully saturated rings. The molecule has 4 N–H and O–H groups in total. The molecule has 8 heteroatoms. The van der Waals surface area contributed by atoms with Gasteiger partial charge in [0.05, 0.1) is 17.9 Å². The van der Waals surface area contributed by atoms with E-state index in [0.717, 1.165) is 24.8 Å². The van der Waals surface area contributed by atoms with Gasteiger partial charge in [-0.05, 0) is 31.2 Å². The number of ether oxygens (including phenoxy) is 1. The van der Waals surface area contributed by atoms with Gasteiger partial charge in [-0.2, -0.15) is 0 Å². The van der Waals surface area contributed by atoms with Crippen molar-refractivity contribution < 1.29 is 17.9 Å². The lowest BCUT2D eigenvalue weighted by Crippen LogP contribution is -2.45. The smallest absolute Gasteiger partial charge is 0.237 e. The number of sulfonamides is 1. The summed E-state index contributed by atoms with van der Waals surface area (Å²) in [5.74, 6) is -0.529. The highest BCUT2D eigenvalue weighted by molar-refractivity contribution is 7.89. The van der Waals surface area contributed by atoms with Crippen molar-refractivity contribution in [3.63, 3.8) is 0 Å². The molecule has 1 unspecified atom stereocenters. The number of nitrogens with one attached hydrogen (secondary N) is 2. The zero-order chi connectivity index (χ0) is 18.1. The molecule has 1 aromatic rings. The van der Waals surface area contributed by atoms with Crippen LogP contribution in [-0.4, -0.2) is 51.9 Å². The monoisotopic (exact) mass is 369 g/mol. The van der Waals surface area contributed by atoms with E-state index in [2.05, 4.69) is 10.0 Å². The first-order chi connectivity index (χ1) is 12.0. The average molecular weight is 369 g/mol. The summed E-state index contributed by atoms with van der Waals surface area (Å²) in [6.07, 6.45) is 3.31. The molecule has 0 radical (unpaired) electrons. The second kappa shape index (κ2) is 9.86. The zero-order valence-electron chi connectivity index (χ0n) is 14.3. The molecule has 1 aliphatic rings. The van der Waals surface area contributed by atoms with Gasteiger partial charge >= 0.3 is 0 Å². The fraction of sp³-hybridized carbons (Fsp3) is 0.588. The van der Waals surface area contributed by atoms with Crippen molar-refractivity contribution in [2.45, 2.75) is 37.8 Å². The minimum atomic E-state index is -3.45. The summed E-state index contributed by atoms with van der Waals surface area (Å²) in [7, 11) is -3.45. The quantitative estimate of drug-likeness (QED) is 0.574. The number of carbonyl (C=O) groups excluding carboxylic acids is 1.